The Balaban J connectivity index is 1.54. The van der Waals surface area contributed by atoms with Crippen LogP contribution in [-0.2, 0) is 30.0 Å². The SMILES string of the molecule is CC(C)[Si](O[C@H]1[C@H](Oc2ccccc2)O[C@@H]2COC(c3ccccc3)O[C@H]2[C@@H]1OCc1ccccc1)(C(C)C)C(C)C. The van der Waals surface area contributed by atoms with E-state index >= 15 is 0 Å². The van der Waals surface area contributed by atoms with E-state index in [0.29, 0.717) is 29.8 Å². The van der Waals surface area contributed by atoms with Crippen molar-refractivity contribution in [1.82, 2.24) is 0 Å². The predicted octanol–water partition coefficient (Wildman–Crippen LogP) is 8.05. The highest BCUT2D eigenvalue weighted by molar-refractivity contribution is 6.77. The van der Waals surface area contributed by atoms with Crippen LogP contribution in [0, 0.1) is 0 Å². The summed E-state index contributed by atoms with van der Waals surface area (Å²) in [5.41, 5.74) is 3.17. The van der Waals surface area contributed by atoms with Gasteiger partial charge in [0, 0.05) is 5.56 Å². The van der Waals surface area contributed by atoms with Crippen LogP contribution in [0.15, 0.2) is 91.0 Å². The van der Waals surface area contributed by atoms with E-state index in [2.05, 4.69) is 53.7 Å². The van der Waals surface area contributed by atoms with Crippen LogP contribution in [0.4, 0.5) is 0 Å². The van der Waals surface area contributed by atoms with E-state index in [4.69, 9.17) is 28.1 Å². The molecule has 0 bridgehead atoms. The molecule has 1 unspecified atom stereocenters. The molecular weight excluding hydrogens is 544 g/mol. The molecule has 0 amide bonds. The maximum absolute atomic E-state index is 7.48. The third-order valence-corrected chi connectivity index (χ3v) is 14.8. The normalized spacial score (nSPS) is 26.4. The van der Waals surface area contributed by atoms with Gasteiger partial charge in [0.15, 0.2) is 6.29 Å². The Labute approximate surface area is 252 Å². The van der Waals surface area contributed by atoms with Crippen LogP contribution in [0.1, 0.15) is 59.0 Å². The first-order valence-corrected chi connectivity index (χ1v) is 17.5. The molecule has 2 heterocycles. The van der Waals surface area contributed by atoms with E-state index in [9.17, 15) is 0 Å². The van der Waals surface area contributed by atoms with Crippen molar-refractivity contribution in [2.24, 2.45) is 0 Å². The van der Waals surface area contributed by atoms with Crippen molar-refractivity contribution in [3.8, 4) is 5.75 Å². The highest BCUT2D eigenvalue weighted by Crippen LogP contribution is 2.46. The second-order valence-corrected chi connectivity index (χ2v) is 17.7. The summed E-state index contributed by atoms with van der Waals surface area (Å²) >= 11 is 0. The van der Waals surface area contributed by atoms with Gasteiger partial charge in [-0.3, -0.25) is 0 Å². The second-order valence-electron chi connectivity index (χ2n) is 12.3. The van der Waals surface area contributed by atoms with E-state index in [-0.39, 0.29) is 6.10 Å². The molecule has 226 valence electrons. The summed E-state index contributed by atoms with van der Waals surface area (Å²) in [4.78, 5) is 0. The van der Waals surface area contributed by atoms with Gasteiger partial charge in [-0.1, -0.05) is 120 Å². The van der Waals surface area contributed by atoms with Crippen LogP contribution >= 0.6 is 0 Å². The highest BCUT2D eigenvalue weighted by atomic mass is 28.4. The molecule has 0 radical (unpaired) electrons. The Bertz CT molecular complexity index is 1200. The Morgan fingerprint density at radius 3 is 1.88 bits per heavy atom. The molecule has 2 saturated heterocycles. The standard InChI is InChI=1S/C35H46O6Si/c1-24(2)42(25(3)4,26(5)6)41-33-32(36-22-27-16-10-7-11-17-27)31-30(39-35(33)38-29-20-14-9-15-21-29)23-37-34(40-31)28-18-12-8-13-19-28/h7-21,24-26,30-35H,22-23H2,1-6H3/t30-,31-,32+,33-,34?,35-/m1/s1. The lowest BCUT2D eigenvalue weighted by atomic mass is 9.97. The molecule has 2 aliphatic heterocycles. The maximum atomic E-state index is 7.48. The van der Waals surface area contributed by atoms with E-state index in [1.165, 1.54) is 0 Å². The van der Waals surface area contributed by atoms with Crippen molar-refractivity contribution in [2.75, 3.05) is 6.61 Å². The molecule has 0 aliphatic carbocycles. The number of para-hydroxylation sites is 1. The molecule has 7 heteroatoms. The van der Waals surface area contributed by atoms with Gasteiger partial charge in [-0.2, -0.15) is 0 Å². The van der Waals surface area contributed by atoms with Crippen molar-refractivity contribution < 1.29 is 28.1 Å². The van der Waals surface area contributed by atoms with E-state index in [1.807, 2.05) is 78.9 Å². The summed E-state index contributed by atoms with van der Waals surface area (Å²) in [7, 11) is -2.39. The molecule has 42 heavy (non-hydrogen) atoms. The van der Waals surface area contributed by atoms with Crippen LogP contribution in [0.2, 0.25) is 16.6 Å². The summed E-state index contributed by atoms with van der Waals surface area (Å²) in [5, 5.41) is 0. The number of ether oxygens (including phenoxy) is 5. The average molecular weight is 591 g/mol. The predicted molar refractivity (Wildman–Crippen MR) is 167 cm³/mol. The quantitative estimate of drug-likeness (QED) is 0.211. The minimum absolute atomic E-state index is 0.359. The van der Waals surface area contributed by atoms with Gasteiger partial charge in [0.1, 0.15) is 30.2 Å². The first-order valence-electron chi connectivity index (χ1n) is 15.3. The molecule has 3 aromatic rings. The van der Waals surface area contributed by atoms with Gasteiger partial charge >= 0.3 is 0 Å². The Kier molecular flexibility index (Phi) is 10.2. The van der Waals surface area contributed by atoms with Gasteiger partial charge < -0.3 is 28.1 Å². The van der Waals surface area contributed by atoms with Gasteiger partial charge in [-0.25, -0.2) is 0 Å². The van der Waals surface area contributed by atoms with E-state index in [0.717, 1.165) is 16.9 Å². The number of benzene rings is 3. The zero-order valence-corrected chi connectivity index (χ0v) is 26.7. The number of fused-ring (bicyclic) bond motifs is 1. The van der Waals surface area contributed by atoms with Gasteiger partial charge in [-0.05, 0) is 34.3 Å². The third kappa shape index (κ3) is 6.67. The molecule has 2 fully saturated rings. The zero-order chi connectivity index (χ0) is 29.7. The lowest BCUT2D eigenvalue weighted by Gasteiger charge is -2.53. The van der Waals surface area contributed by atoms with Crippen LogP contribution in [0.25, 0.3) is 0 Å². The topological polar surface area (TPSA) is 55.4 Å². The molecule has 0 spiro atoms. The smallest absolute Gasteiger partial charge is 0.228 e. The maximum Gasteiger partial charge on any atom is 0.228 e. The lowest BCUT2D eigenvalue weighted by Crippen LogP contribution is -2.67. The third-order valence-electron chi connectivity index (χ3n) is 8.68. The van der Waals surface area contributed by atoms with Gasteiger partial charge in [-0.15, -0.1) is 0 Å². The number of hydrogen-bond donors (Lipinski definition) is 0. The number of rotatable bonds is 11. The molecule has 3 aromatic carbocycles. The van der Waals surface area contributed by atoms with Crippen molar-refractivity contribution >= 4 is 8.32 Å². The Hall–Kier alpha value is -2.52. The van der Waals surface area contributed by atoms with Crippen molar-refractivity contribution in [2.45, 2.75) is 102 Å². The summed E-state index contributed by atoms with van der Waals surface area (Å²) in [6.07, 6.45) is -2.97. The van der Waals surface area contributed by atoms with Crippen molar-refractivity contribution in [1.29, 1.82) is 0 Å². The minimum Gasteiger partial charge on any atom is -0.462 e. The van der Waals surface area contributed by atoms with E-state index < -0.39 is 39.2 Å². The molecule has 5 rings (SSSR count). The van der Waals surface area contributed by atoms with Crippen LogP contribution in [0.5, 0.6) is 5.75 Å². The van der Waals surface area contributed by atoms with Crippen molar-refractivity contribution in [3.63, 3.8) is 0 Å². The fraction of sp³-hybridized carbons (Fsp3) is 0.486. The summed E-state index contributed by atoms with van der Waals surface area (Å²) in [6.45, 7) is 14.5. The molecule has 0 saturated carbocycles. The van der Waals surface area contributed by atoms with Crippen LogP contribution in [0.3, 0.4) is 0 Å². The van der Waals surface area contributed by atoms with Gasteiger partial charge in [0.25, 0.3) is 0 Å². The molecule has 6 nitrogen and oxygen atoms in total. The molecule has 0 N–H and O–H groups in total. The van der Waals surface area contributed by atoms with Crippen LogP contribution < -0.4 is 4.74 Å². The molecular formula is C35H46O6Si. The van der Waals surface area contributed by atoms with E-state index in [1.54, 1.807) is 0 Å². The van der Waals surface area contributed by atoms with Crippen LogP contribution in [-0.4, -0.2) is 45.6 Å². The summed E-state index contributed by atoms with van der Waals surface area (Å²) in [5.74, 6) is 0.724. The molecule has 6 atom stereocenters. The second kappa shape index (κ2) is 13.8. The summed E-state index contributed by atoms with van der Waals surface area (Å²) < 4.78 is 40.5. The Morgan fingerprint density at radius 1 is 0.714 bits per heavy atom. The lowest BCUT2D eigenvalue weighted by molar-refractivity contribution is -0.354. The minimum atomic E-state index is -2.39. The van der Waals surface area contributed by atoms with Gasteiger partial charge in [0.2, 0.25) is 14.6 Å². The fourth-order valence-electron chi connectivity index (χ4n) is 6.78. The molecule has 0 aromatic heterocycles. The fourth-order valence-corrected chi connectivity index (χ4v) is 12.3. The first-order chi connectivity index (χ1) is 20.3. The first kappa shape index (κ1) is 30.9. The zero-order valence-electron chi connectivity index (χ0n) is 25.7. The monoisotopic (exact) mass is 590 g/mol. The Morgan fingerprint density at radius 2 is 1.29 bits per heavy atom. The number of hydrogen-bond acceptors (Lipinski definition) is 6. The molecule has 2 aliphatic rings. The average Bonchev–Trinajstić information content (AvgIpc) is 3.00. The van der Waals surface area contributed by atoms with Gasteiger partial charge in [0.05, 0.1) is 13.2 Å². The highest BCUT2D eigenvalue weighted by Gasteiger charge is 2.56. The largest absolute Gasteiger partial charge is 0.462 e. The summed E-state index contributed by atoms with van der Waals surface area (Å²) in [6, 6.07) is 30.1. The van der Waals surface area contributed by atoms with Crippen molar-refractivity contribution in [3.05, 3.63) is 102 Å².